The molecule has 1 aromatic carbocycles. The molecule has 3 N–H and O–H groups in total. The Morgan fingerprint density at radius 2 is 1.93 bits per heavy atom. The van der Waals surface area contributed by atoms with Crippen LogP contribution in [0.1, 0.15) is 38.7 Å². The molecule has 1 rings (SSSR count). The first kappa shape index (κ1) is 11.1. The molecule has 0 saturated heterocycles. The Bertz CT molecular complexity index is 301. The summed E-state index contributed by atoms with van der Waals surface area (Å²) in [6.07, 6.45) is 0.723. The molecule has 0 aliphatic rings. The summed E-state index contributed by atoms with van der Waals surface area (Å²) in [6, 6.07) is 7.82. The summed E-state index contributed by atoms with van der Waals surface area (Å²) in [4.78, 5) is 0. The van der Waals surface area contributed by atoms with Gasteiger partial charge in [-0.25, -0.2) is 0 Å². The summed E-state index contributed by atoms with van der Waals surface area (Å²) in [5, 5.41) is 9.70. The molecular weight excluding hydrogens is 174 g/mol. The van der Waals surface area contributed by atoms with E-state index in [9.17, 15) is 5.11 Å². The van der Waals surface area contributed by atoms with Crippen LogP contribution in [0.4, 0.5) is 5.69 Å². The monoisotopic (exact) mass is 193 g/mol. The van der Waals surface area contributed by atoms with E-state index in [1.807, 2.05) is 38.1 Å². The van der Waals surface area contributed by atoms with Crippen molar-refractivity contribution in [3.05, 3.63) is 29.8 Å². The molecule has 0 saturated carbocycles. The molecule has 0 amide bonds. The summed E-state index contributed by atoms with van der Waals surface area (Å²) >= 11 is 0. The molecule has 0 heterocycles. The second-order valence-electron chi connectivity index (χ2n) is 4.55. The van der Waals surface area contributed by atoms with E-state index in [2.05, 4.69) is 6.92 Å². The predicted molar refractivity (Wildman–Crippen MR) is 60.2 cm³/mol. The molecule has 1 unspecified atom stereocenters. The summed E-state index contributed by atoms with van der Waals surface area (Å²) in [6.45, 7) is 5.73. The van der Waals surface area contributed by atoms with Crippen LogP contribution >= 0.6 is 0 Å². The van der Waals surface area contributed by atoms with Crippen LogP contribution in [0.15, 0.2) is 24.3 Å². The molecule has 2 nitrogen and oxygen atoms in total. The maximum Gasteiger partial charge on any atom is 0.0597 e. The first-order valence-corrected chi connectivity index (χ1v) is 4.97. The first-order chi connectivity index (χ1) is 6.40. The normalized spacial score (nSPS) is 14.0. The Balaban J connectivity index is 2.80. The lowest BCUT2D eigenvalue weighted by molar-refractivity contribution is 0.0648. The van der Waals surface area contributed by atoms with Crippen LogP contribution in [-0.4, -0.2) is 10.7 Å². The lowest BCUT2D eigenvalue weighted by Gasteiger charge is -2.23. The van der Waals surface area contributed by atoms with Crippen LogP contribution in [0, 0.1) is 0 Å². The van der Waals surface area contributed by atoms with Crippen LogP contribution in [-0.2, 0) is 0 Å². The fourth-order valence-electron chi connectivity index (χ4n) is 1.82. The van der Waals surface area contributed by atoms with Gasteiger partial charge in [0.15, 0.2) is 0 Å². The third-order valence-corrected chi connectivity index (χ3v) is 2.33. The third-order valence-electron chi connectivity index (χ3n) is 2.33. The maximum absolute atomic E-state index is 9.70. The first-order valence-electron chi connectivity index (χ1n) is 4.97. The minimum Gasteiger partial charge on any atom is -0.398 e. The highest BCUT2D eigenvalue weighted by atomic mass is 16.3. The summed E-state index contributed by atoms with van der Waals surface area (Å²) in [5.74, 6) is 0.288. The van der Waals surface area contributed by atoms with Gasteiger partial charge in [-0.2, -0.15) is 0 Å². The van der Waals surface area contributed by atoms with Crippen molar-refractivity contribution >= 4 is 5.69 Å². The van der Waals surface area contributed by atoms with Gasteiger partial charge in [0.25, 0.3) is 0 Å². The zero-order valence-electron chi connectivity index (χ0n) is 9.12. The molecule has 78 valence electrons. The highest BCUT2D eigenvalue weighted by molar-refractivity contribution is 5.48. The average Bonchev–Trinajstić information content (AvgIpc) is 2.01. The molecular formula is C12H19NO. The van der Waals surface area contributed by atoms with Gasteiger partial charge in [0.05, 0.1) is 5.60 Å². The molecule has 2 heteroatoms. The fraction of sp³-hybridized carbons (Fsp3) is 0.500. The highest BCUT2D eigenvalue weighted by Crippen LogP contribution is 2.28. The van der Waals surface area contributed by atoms with Gasteiger partial charge in [-0.15, -0.1) is 0 Å². The van der Waals surface area contributed by atoms with E-state index >= 15 is 0 Å². The summed E-state index contributed by atoms with van der Waals surface area (Å²) in [5.41, 5.74) is 7.15. The van der Waals surface area contributed by atoms with Crippen molar-refractivity contribution in [1.82, 2.24) is 0 Å². The number of nitrogen functional groups attached to an aromatic ring is 1. The Morgan fingerprint density at radius 3 is 2.43 bits per heavy atom. The van der Waals surface area contributed by atoms with E-state index in [1.54, 1.807) is 0 Å². The van der Waals surface area contributed by atoms with Gasteiger partial charge in [-0.05, 0) is 37.8 Å². The van der Waals surface area contributed by atoms with Gasteiger partial charge in [-0.3, -0.25) is 0 Å². The number of aliphatic hydroxyl groups is 1. The Morgan fingerprint density at radius 1 is 1.36 bits per heavy atom. The zero-order chi connectivity index (χ0) is 10.8. The van der Waals surface area contributed by atoms with Crippen molar-refractivity contribution in [1.29, 1.82) is 0 Å². The molecule has 0 bridgehead atoms. The topological polar surface area (TPSA) is 46.2 Å². The Kier molecular flexibility index (Phi) is 3.17. The predicted octanol–water partition coefficient (Wildman–Crippen LogP) is 2.53. The lowest BCUT2D eigenvalue weighted by Crippen LogP contribution is -2.21. The largest absolute Gasteiger partial charge is 0.398 e. The van der Waals surface area contributed by atoms with Crippen LogP contribution in [0.2, 0.25) is 0 Å². The quantitative estimate of drug-likeness (QED) is 0.725. The summed E-state index contributed by atoms with van der Waals surface area (Å²) in [7, 11) is 0. The van der Waals surface area contributed by atoms with Crippen LogP contribution in [0.3, 0.4) is 0 Å². The third kappa shape index (κ3) is 3.04. The second kappa shape index (κ2) is 4.01. The number of hydrogen-bond donors (Lipinski definition) is 2. The van der Waals surface area contributed by atoms with E-state index in [1.165, 1.54) is 0 Å². The number of nitrogens with two attached hydrogens (primary N) is 1. The molecule has 0 spiro atoms. The Labute approximate surface area is 85.8 Å². The SMILES string of the molecule is CC(CC(C)(C)O)c1ccccc1N. The van der Waals surface area contributed by atoms with Gasteiger partial charge in [0.2, 0.25) is 0 Å². The van der Waals surface area contributed by atoms with E-state index in [-0.39, 0.29) is 5.92 Å². The lowest BCUT2D eigenvalue weighted by atomic mass is 9.89. The molecule has 0 aromatic heterocycles. The fourth-order valence-corrected chi connectivity index (χ4v) is 1.82. The van der Waals surface area contributed by atoms with Crippen LogP contribution in [0.25, 0.3) is 0 Å². The van der Waals surface area contributed by atoms with Gasteiger partial charge in [0, 0.05) is 5.69 Å². The van der Waals surface area contributed by atoms with E-state index < -0.39 is 5.60 Å². The number of benzene rings is 1. The van der Waals surface area contributed by atoms with Crippen molar-refractivity contribution in [2.75, 3.05) is 5.73 Å². The summed E-state index contributed by atoms with van der Waals surface area (Å²) < 4.78 is 0. The van der Waals surface area contributed by atoms with Gasteiger partial charge < -0.3 is 10.8 Å². The van der Waals surface area contributed by atoms with Crippen LogP contribution < -0.4 is 5.73 Å². The van der Waals surface area contributed by atoms with E-state index in [4.69, 9.17) is 5.73 Å². The molecule has 0 radical (unpaired) electrons. The van der Waals surface area contributed by atoms with Gasteiger partial charge in [-0.1, -0.05) is 25.1 Å². The van der Waals surface area contributed by atoms with Crippen molar-refractivity contribution in [2.45, 2.75) is 38.7 Å². The minimum atomic E-state index is -0.637. The smallest absolute Gasteiger partial charge is 0.0597 e. The van der Waals surface area contributed by atoms with Crippen LogP contribution in [0.5, 0.6) is 0 Å². The second-order valence-corrected chi connectivity index (χ2v) is 4.55. The van der Waals surface area contributed by atoms with Gasteiger partial charge >= 0.3 is 0 Å². The van der Waals surface area contributed by atoms with E-state index in [0.717, 1.165) is 17.7 Å². The number of anilines is 1. The maximum atomic E-state index is 9.70. The van der Waals surface area contributed by atoms with Crippen molar-refractivity contribution in [3.63, 3.8) is 0 Å². The van der Waals surface area contributed by atoms with Crippen molar-refractivity contribution in [2.24, 2.45) is 0 Å². The molecule has 1 aromatic rings. The zero-order valence-corrected chi connectivity index (χ0v) is 9.12. The molecule has 14 heavy (non-hydrogen) atoms. The average molecular weight is 193 g/mol. The highest BCUT2D eigenvalue weighted by Gasteiger charge is 2.19. The minimum absolute atomic E-state index is 0.288. The Hall–Kier alpha value is -1.02. The standard InChI is InChI=1S/C12H19NO/c1-9(8-12(2,3)14)10-6-4-5-7-11(10)13/h4-7,9,14H,8,13H2,1-3H3. The number of para-hydroxylation sites is 1. The number of hydrogen-bond acceptors (Lipinski definition) is 2. The molecule has 0 fully saturated rings. The molecule has 0 aliphatic heterocycles. The van der Waals surface area contributed by atoms with Gasteiger partial charge in [0.1, 0.15) is 0 Å². The van der Waals surface area contributed by atoms with Crippen molar-refractivity contribution in [3.8, 4) is 0 Å². The molecule has 0 aliphatic carbocycles. The molecule has 1 atom stereocenters. The van der Waals surface area contributed by atoms with E-state index in [0.29, 0.717) is 0 Å². The number of rotatable bonds is 3. The van der Waals surface area contributed by atoms with Crippen molar-refractivity contribution < 1.29 is 5.11 Å².